The standard InChI is InChI=1S/C10H13N2O8P/c1-19-21(18,20-2)6-10(13)7-3-8(11(14)15)5-9(4-7)12(16)17/h3-5,10,13H,6H2,1-2H3. The zero-order valence-corrected chi connectivity index (χ0v) is 12.1. The van der Waals surface area contributed by atoms with Crippen LogP contribution in [0.2, 0.25) is 0 Å². The second-order valence-corrected chi connectivity index (χ2v) is 6.29. The van der Waals surface area contributed by atoms with Crippen molar-refractivity contribution in [2.75, 3.05) is 20.4 Å². The molecule has 1 aromatic rings. The van der Waals surface area contributed by atoms with Crippen molar-refractivity contribution < 1.29 is 28.6 Å². The van der Waals surface area contributed by atoms with E-state index in [9.17, 15) is 29.9 Å². The number of nitrogens with zero attached hydrogens (tertiary/aromatic N) is 2. The third-order valence-electron chi connectivity index (χ3n) is 2.68. The number of aliphatic hydroxyl groups is 1. The Labute approximate surface area is 119 Å². The molecule has 0 aliphatic carbocycles. The Balaban J connectivity index is 3.19. The molecular formula is C10H13N2O8P. The summed E-state index contributed by atoms with van der Waals surface area (Å²) in [6.07, 6.45) is -1.97. The summed E-state index contributed by atoms with van der Waals surface area (Å²) in [5, 5.41) is 31.4. The van der Waals surface area contributed by atoms with Crippen LogP contribution in [0.15, 0.2) is 18.2 Å². The molecule has 0 aromatic heterocycles. The number of hydrogen-bond donors (Lipinski definition) is 1. The molecule has 1 aromatic carbocycles. The highest BCUT2D eigenvalue weighted by atomic mass is 31.2. The normalized spacial score (nSPS) is 12.9. The molecule has 0 bridgehead atoms. The fourth-order valence-electron chi connectivity index (χ4n) is 1.56. The van der Waals surface area contributed by atoms with Crippen LogP contribution in [0.3, 0.4) is 0 Å². The number of rotatable bonds is 7. The van der Waals surface area contributed by atoms with Crippen molar-refractivity contribution in [3.63, 3.8) is 0 Å². The topological polar surface area (TPSA) is 142 Å². The van der Waals surface area contributed by atoms with Gasteiger partial charge in [0.2, 0.25) is 0 Å². The molecule has 1 N–H and O–H groups in total. The van der Waals surface area contributed by atoms with E-state index in [-0.39, 0.29) is 5.56 Å². The van der Waals surface area contributed by atoms with E-state index in [2.05, 4.69) is 9.05 Å². The van der Waals surface area contributed by atoms with Gasteiger partial charge in [-0.05, 0) is 5.56 Å². The maximum atomic E-state index is 11.9. The lowest BCUT2D eigenvalue weighted by atomic mass is 10.1. The quantitative estimate of drug-likeness (QED) is 0.456. The van der Waals surface area contributed by atoms with Gasteiger partial charge in [-0.25, -0.2) is 0 Å². The Kier molecular flexibility index (Phi) is 5.50. The van der Waals surface area contributed by atoms with Gasteiger partial charge in [-0.1, -0.05) is 0 Å². The van der Waals surface area contributed by atoms with Gasteiger partial charge in [-0.2, -0.15) is 0 Å². The average Bonchev–Trinajstić information content (AvgIpc) is 2.46. The van der Waals surface area contributed by atoms with Gasteiger partial charge in [-0.15, -0.1) is 0 Å². The van der Waals surface area contributed by atoms with Crippen molar-refractivity contribution in [3.05, 3.63) is 44.0 Å². The minimum Gasteiger partial charge on any atom is -0.388 e. The van der Waals surface area contributed by atoms with E-state index in [0.717, 1.165) is 32.4 Å². The molecule has 0 aliphatic heterocycles. The van der Waals surface area contributed by atoms with Gasteiger partial charge < -0.3 is 14.2 Å². The van der Waals surface area contributed by atoms with Gasteiger partial charge in [0.15, 0.2) is 0 Å². The number of non-ortho nitro benzene ring substituents is 2. The van der Waals surface area contributed by atoms with Crippen molar-refractivity contribution >= 4 is 19.0 Å². The second-order valence-electron chi connectivity index (χ2n) is 3.97. The molecule has 1 atom stereocenters. The van der Waals surface area contributed by atoms with E-state index in [4.69, 9.17) is 0 Å². The van der Waals surface area contributed by atoms with Gasteiger partial charge in [0.05, 0.1) is 28.2 Å². The third-order valence-corrected chi connectivity index (χ3v) is 4.59. The first kappa shape index (κ1) is 17.2. The molecule has 0 spiro atoms. The van der Waals surface area contributed by atoms with E-state index in [1.54, 1.807) is 0 Å². The Morgan fingerprint density at radius 1 is 1.14 bits per heavy atom. The minimum atomic E-state index is -3.57. The highest BCUT2D eigenvalue weighted by Crippen LogP contribution is 2.49. The lowest BCUT2D eigenvalue weighted by Crippen LogP contribution is -2.07. The van der Waals surface area contributed by atoms with Gasteiger partial charge >= 0.3 is 7.60 Å². The Hall–Kier alpha value is -1.87. The van der Waals surface area contributed by atoms with Gasteiger partial charge in [0.1, 0.15) is 0 Å². The minimum absolute atomic E-state index is 0.120. The fraction of sp³-hybridized carbons (Fsp3) is 0.400. The molecule has 11 heteroatoms. The summed E-state index contributed by atoms with van der Waals surface area (Å²) in [4.78, 5) is 19.8. The fourth-order valence-corrected chi connectivity index (χ4v) is 2.64. The van der Waals surface area contributed by atoms with E-state index in [1.807, 2.05) is 0 Å². The summed E-state index contributed by atoms with van der Waals surface area (Å²) in [6.45, 7) is 0. The molecule has 1 unspecified atom stereocenters. The molecule has 21 heavy (non-hydrogen) atoms. The van der Waals surface area contributed by atoms with Gasteiger partial charge in [0, 0.05) is 26.4 Å². The number of aliphatic hydroxyl groups excluding tert-OH is 1. The SMILES string of the molecule is COP(=O)(CC(O)c1cc([N+](=O)[O-])cc([N+](=O)[O-])c1)OC. The summed E-state index contributed by atoms with van der Waals surface area (Å²) in [7, 11) is -1.33. The lowest BCUT2D eigenvalue weighted by molar-refractivity contribution is -0.394. The molecule has 0 heterocycles. The number of nitro benzene ring substituents is 2. The summed E-state index contributed by atoms with van der Waals surface area (Å²) in [6, 6.07) is 2.70. The lowest BCUT2D eigenvalue weighted by Gasteiger charge is -2.17. The number of hydrogen-bond acceptors (Lipinski definition) is 8. The molecule has 0 radical (unpaired) electrons. The van der Waals surface area contributed by atoms with E-state index < -0.39 is 41.1 Å². The molecule has 0 saturated heterocycles. The van der Waals surface area contributed by atoms with Crippen LogP contribution in [-0.2, 0) is 13.6 Å². The van der Waals surface area contributed by atoms with E-state index in [0.29, 0.717) is 0 Å². The predicted octanol–water partition coefficient (Wildman–Crippen LogP) is 2.02. The van der Waals surface area contributed by atoms with Crippen LogP contribution in [0.5, 0.6) is 0 Å². The Morgan fingerprint density at radius 3 is 1.90 bits per heavy atom. The monoisotopic (exact) mass is 320 g/mol. The van der Waals surface area contributed by atoms with Crippen LogP contribution < -0.4 is 0 Å². The third kappa shape index (κ3) is 4.30. The first-order valence-electron chi connectivity index (χ1n) is 5.55. The summed E-state index contributed by atoms with van der Waals surface area (Å²) >= 11 is 0. The molecule has 10 nitrogen and oxygen atoms in total. The zero-order valence-electron chi connectivity index (χ0n) is 11.2. The van der Waals surface area contributed by atoms with E-state index >= 15 is 0 Å². The first-order valence-corrected chi connectivity index (χ1v) is 7.27. The maximum absolute atomic E-state index is 11.9. The largest absolute Gasteiger partial charge is 0.388 e. The van der Waals surface area contributed by atoms with Crippen LogP contribution in [0.4, 0.5) is 11.4 Å². The van der Waals surface area contributed by atoms with Crippen molar-refractivity contribution in [1.82, 2.24) is 0 Å². The molecule has 0 aliphatic rings. The van der Waals surface area contributed by atoms with Gasteiger partial charge in [0.25, 0.3) is 11.4 Å². The van der Waals surface area contributed by atoms with Crippen LogP contribution in [0, 0.1) is 20.2 Å². The molecule has 0 fully saturated rings. The van der Waals surface area contributed by atoms with Crippen molar-refractivity contribution in [2.24, 2.45) is 0 Å². The number of nitro groups is 2. The van der Waals surface area contributed by atoms with Crippen molar-refractivity contribution in [3.8, 4) is 0 Å². The molecule has 0 amide bonds. The first-order chi connectivity index (χ1) is 9.72. The summed E-state index contributed by atoms with van der Waals surface area (Å²) in [5.74, 6) is 0. The highest BCUT2D eigenvalue weighted by molar-refractivity contribution is 7.53. The van der Waals surface area contributed by atoms with Crippen LogP contribution in [0.25, 0.3) is 0 Å². The van der Waals surface area contributed by atoms with Crippen LogP contribution >= 0.6 is 7.60 Å². The smallest absolute Gasteiger partial charge is 0.333 e. The Bertz CT molecular complexity index is 564. The van der Waals surface area contributed by atoms with Crippen molar-refractivity contribution in [1.29, 1.82) is 0 Å². The maximum Gasteiger partial charge on any atom is 0.333 e. The highest BCUT2D eigenvalue weighted by Gasteiger charge is 2.28. The van der Waals surface area contributed by atoms with Gasteiger partial charge in [-0.3, -0.25) is 24.8 Å². The second kappa shape index (κ2) is 6.72. The van der Waals surface area contributed by atoms with Crippen LogP contribution in [-0.4, -0.2) is 35.3 Å². The zero-order chi connectivity index (χ0) is 16.2. The molecule has 116 valence electrons. The predicted molar refractivity (Wildman–Crippen MR) is 71.2 cm³/mol. The molecular weight excluding hydrogens is 307 g/mol. The molecule has 1 rings (SSSR count). The molecule has 0 saturated carbocycles. The number of benzene rings is 1. The summed E-state index contributed by atoms with van der Waals surface area (Å²) < 4.78 is 21.2. The van der Waals surface area contributed by atoms with E-state index in [1.165, 1.54) is 0 Å². The van der Waals surface area contributed by atoms with Crippen LogP contribution in [0.1, 0.15) is 11.7 Å². The average molecular weight is 320 g/mol. The Morgan fingerprint density at radius 2 is 1.57 bits per heavy atom. The summed E-state index contributed by atoms with van der Waals surface area (Å²) in [5.41, 5.74) is -1.23. The van der Waals surface area contributed by atoms with Crippen molar-refractivity contribution in [2.45, 2.75) is 6.10 Å².